The SMILES string of the molecule is CC(CF)N1CCCCC[N]1. The van der Waals surface area contributed by atoms with Crippen LogP contribution in [0.2, 0.25) is 0 Å². The fraction of sp³-hybridized carbons (Fsp3) is 1.00. The molecule has 0 aromatic heterocycles. The first-order valence-corrected chi connectivity index (χ1v) is 4.34. The van der Waals surface area contributed by atoms with Gasteiger partial charge in [0, 0.05) is 13.1 Å². The Morgan fingerprint density at radius 1 is 1.45 bits per heavy atom. The molecule has 1 unspecified atom stereocenters. The van der Waals surface area contributed by atoms with Crippen LogP contribution in [0.25, 0.3) is 0 Å². The van der Waals surface area contributed by atoms with Crippen LogP contribution in [0.4, 0.5) is 4.39 Å². The summed E-state index contributed by atoms with van der Waals surface area (Å²) in [6.45, 7) is 3.41. The fourth-order valence-electron chi connectivity index (χ4n) is 1.27. The van der Waals surface area contributed by atoms with Gasteiger partial charge in [-0.05, 0) is 19.8 Å². The second kappa shape index (κ2) is 4.67. The maximum atomic E-state index is 12.2. The van der Waals surface area contributed by atoms with Gasteiger partial charge in [-0.25, -0.2) is 9.40 Å². The Balaban J connectivity index is 2.30. The quantitative estimate of drug-likeness (QED) is 0.594. The van der Waals surface area contributed by atoms with Crippen molar-refractivity contribution in [3.63, 3.8) is 0 Å². The van der Waals surface area contributed by atoms with Crippen molar-refractivity contribution in [2.75, 3.05) is 19.8 Å². The third-order valence-corrected chi connectivity index (χ3v) is 2.06. The summed E-state index contributed by atoms with van der Waals surface area (Å²) in [6, 6.07) is -0.0203. The first kappa shape index (κ1) is 8.94. The van der Waals surface area contributed by atoms with Gasteiger partial charge in [-0.1, -0.05) is 6.42 Å². The smallest absolute Gasteiger partial charge is 0.106 e. The molecule has 1 saturated heterocycles. The van der Waals surface area contributed by atoms with E-state index in [-0.39, 0.29) is 12.7 Å². The molecule has 65 valence electrons. The monoisotopic (exact) mass is 159 g/mol. The van der Waals surface area contributed by atoms with Crippen LogP contribution in [0.1, 0.15) is 26.2 Å². The molecule has 1 radical (unpaired) electrons. The lowest BCUT2D eigenvalue weighted by Gasteiger charge is -2.23. The molecule has 0 amide bonds. The van der Waals surface area contributed by atoms with Crippen molar-refractivity contribution in [2.45, 2.75) is 32.2 Å². The summed E-state index contributed by atoms with van der Waals surface area (Å²) in [5.41, 5.74) is 4.29. The zero-order chi connectivity index (χ0) is 8.10. The van der Waals surface area contributed by atoms with E-state index in [0.29, 0.717) is 0 Å². The molecule has 0 N–H and O–H groups in total. The maximum absolute atomic E-state index is 12.2. The van der Waals surface area contributed by atoms with E-state index in [1.54, 1.807) is 0 Å². The molecule has 1 fully saturated rings. The minimum absolute atomic E-state index is 0.0203. The van der Waals surface area contributed by atoms with Crippen LogP contribution >= 0.6 is 0 Å². The Kier molecular flexibility index (Phi) is 3.80. The van der Waals surface area contributed by atoms with Crippen LogP contribution in [0.3, 0.4) is 0 Å². The van der Waals surface area contributed by atoms with E-state index in [1.165, 1.54) is 6.42 Å². The Bertz CT molecular complexity index is 100. The summed E-state index contributed by atoms with van der Waals surface area (Å²) in [7, 11) is 0. The van der Waals surface area contributed by atoms with Crippen molar-refractivity contribution in [3.05, 3.63) is 0 Å². The van der Waals surface area contributed by atoms with Gasteiger partial charge in [0.1, 0.15) is 6.67 Å². The van der Waals surface area contributed by atoms with E-state index in [0.717, 1.165) is 25.9 Å². The summed E-state index contributed by atoms with van der Waals surface area (Å²) in [6.07, 6.45) is 3.56. The predicted molar refractivity (Wildman–Crippen MR) is 43.0 cm³/mol. The highest BCUT2D eigenvalue weighted by Crippen LogP contribution is 2.06. The molecule has 0 spiro atoms. The highest BCUT2D eigenvalue weighted by atomic mass is 19.1. The van der Waals surface area contributed by atoms with Crippen LogP contribution < -0.4 is 5.43 Å². The van der Waals surface area contributed by atoms with Crippen molar-refractivity contribution in [1.29, 1.82) is 0 Å². The lowest BCUT2D eigenvalue weighted by Crippen LogP contribution is -2.40. The van der Waals surface area contributed by atoms with Crippen LogP contribution in [-0.2, 0) is 0 Å². The summed E-state index contributed by atoms with van der Waals surface area (Å²) in [5.74, 6) is 0. The molecule has 1 aliphatic rings. The Morgan fingerprint density at radius 2 is 2.27 bits per heavy atom. The summed E-state index contributed by atoms with van der Waals surface area (Å²) < 4.78 is 12.2. The molecular weight excluding hydrogens is 143 g/mol. The summed E-state index contributed by atoms with van der Waals surface area (Å²) in [5, 5.41) is 1.90. The van der Waals surface area contributed by atoms with Gasteiger partial charge in [0.05, 0.1) is 6.04 Å². The molecule has 1 aliphatic heterocycles. The zero-order valence-electron chi connectivity index (χ0n) is 7.09. The molecule has 0 aromatic rings. The van der Waals surface area contributed by atoms with Gasteiger partial charge in [0.25, 0.3) is 0 Å². The first-order chi connectivity index (χ1) is 5.34. The Morgan fingerprint density at radius 3 is 3.00 bits per heavy atom. The number of rotatable bonds is 2. The molecule has 1 rings (SSSR count). The topological polar surface area (TPSA) is 17.3 Å². The van der Waals surface area contributed by atoms with Crippen molar-refractivity contribution in [3.8, 4) is 0 Å². The third-order valence-electron chi connectivity index (χ3n) is 2.06. The number of hydrogen-bond donors (Lipinski definition) is 0. The van der Waals surface area contributed by atoms with Crippen LogP contribution in [0.15, 0.2) is 0 Å². The fourth-order valence-corrected chi connectivity index (χ4v) is 1.27. The number of nitrogens with zero attached hydrogens (tertiary/aromatic N) is 2. The molecule has 2 nitrogen and oxygen atoms in total. The van der Waals surface area contributed by atoms with E-state index < -0.39 is 0 Å². The van der Waals surface area contributed by atoms with Crippen molar-refractivity contribution in [1.82, 2.24) is 10.4 Å². The second-order valence-electron chi connectivity index (χ2n) is 3.09. The average Bonchev–Trinajstić information content (AvgIpc) is 2.30. The average molecular weight is 159 g/mol. The molecular formula is C8H16FN2. The molecule has 0 aromatic carbocycles. The van der Waals surface area contributed by atoms with Gasteiger partial charge in [-0.3, -0.25) is 0 Å². The molecule has 3 heteroatoms. The van der Waals surface area contributed by atoms with Gasteiger partial charge in [-0.15, -0.1) is 0 Å². The van der Waals surface area contributed by atoms with E-state index in [2.05, 4.69) is 5.43 Å². The van der Waals surface area contributed by atoms with E-state index in [1.807, 2.05) is 11.9 Å². The van der Waals surface area contributed by atoms with Crippen LogP contribution in [0.5, 0.6) is 0 Å². The lowest BCUT2D eigenvalue weighted by molar-refractivity contribution is 0.117. The maximum Gasteiger partial charge on any atom is 0.106 e. The number of halogens is 1. The molecule has 0 bridgehead atoms. The van der Waals surface area contributed by atoms with Crippen LogP contribution in [-0.4, -0.2) is 30.8 Å². The second-order valence-corrected chi connectivity index (χ2v) is 3.09. The minimum atomic E-state index is -0.288. The Hall–Kier alpha value is -0.150. The van der Waals surface area contributed by atoms with Crippen molar-refractivity contribution in [2.24, 2.45) is 0 Å². The normalized spacial score (nSPS) is 24.5. The van der Waals surface area contributed by atoms with Crippen LogP contribution in [0, 0.1) is 0 Å². The summed E-state index contributed by atoms with van der Waals surface area (Å²) in [4.78, 5) is 0. The minimum Gasteiger partial charge on any atom is -0.249 e. The highest BCUT2D eigenvalue weighted by molar-refractivity contribution is 4.65. The zero-order valence-corrected chi connectivity index (χ0v) is 7.09. The first-order valence-electron chi connectivity index (χ1n) is 4.34. The van der Waals surface area contributed by atoms with E-state index in [9.17, 15) is 4.39 Å². The summed E-state index contributed by atoms with van der Waals surface area (Å²) >= 11 is 0. The predicted octanol–water partition coefficient (Wildman–Crippen LogP) is 1.35. The van der Waals surface area contributed by atoms with Gasteiger partial charge in [0.2, 0.25) is 0 Å². The standard InChI is InChI=1S/C8H16FN2/c1-8(7-9)11-6-4-2-3-5-10-11/h8H,2-7H2,1H3. The van der Waals surface area contributed by atoms with Gasteiger partial charge in [0.15, 0.2) is 0 Å². The molecule has 0 saturated carbocycles. The number of hydrogen-bond acceptors (Lipinski definition) is 1. The van der Waals surface area contributed by atoms with E-state index in [4.69, 9.17) is 0 Å². The van der Waals surface area contributed by atoms with E-state index >= 15 is 0 Å². The number of alkyl halides is 1. The van der Waals surface area contributed by atoms with Gasteiger partial charge in [-0.2, -0.15) is 5.43 Å². The van der Waals surface area contributed by atoms with Crippen molar-refractivity contribution < 1.29 is 4.39 Å². The van der Waals surface area contributed by atoms with Gasteiger partial charge < -0.3 is 0 Å². The Labute approximate surface area is 67.7 Å². The largest absolute Gasteiger partial charge is 0.249 e. The van der Waals surface area contributed by atoms with Crippen molar-refractivity contribution >= 4 is 0 Å². The highest BCUT2D eigenvalue weighted by Gasteiger charge is 2.15. The lowest BCUT2D eigenvalue weighted by atomic mass is 10.2. The molecule has 11 heavy (non-hydrogen) atoms. The molecule has 0 aliphatic carbocycles. The van der Waals surface area contributed by atoms with Gasteiger partial charge >= 0.3 is 0 Å². The molecule has 1 heterocycles. The third kappa shape index (κ3) is 2.75. The molecule has 1 atom stereocenters.